The Kier molecular flexibility index (Phi) is 17.1. The summed E-state index contributed by atoms with van der Waals surface area (Å²) in [5, 5.41) is 24.9. The van der Waals surface area contributed by atoms with Gasteiger partial charge >= 0.3 is 0 Å². The van der Waals surface area contributed by atoms with Crippen molar-refractivity contribution in [2.75, 3.05) is 67.1 Å². The van der Waals surface area contributed by atoms with Gasteiger partial charge in [-0.3, -0.25) is 0 Å². The van der Waals surface area contributed by atoms with Gasteiger partial charge in [-0.2, -0.15) is 0 Å². The summed E-state index contributed by atoms with van der Waals surface area (Å²) in [6.07, 6.45) is 0. The predicted octanol–water partition coefficient (Wildman–Crippen LogP) is 13.3. The first kappa shape index (κ1) is 50.3. The van der Waals surface area contributed by atoms with Crippen molar-refractivity contribution in [1.82, 2.24) is 0 Å². The van der Waals surface area contributed by atoms with Crippen LogP contribution < -0.4 is 9.47 Å². The summed E-state index contributed by atoms with van der Waals surface area (Å²) in [6.45, 7) is 29.6. The molecule has 12 heteroatoms. The number of aromatic hydroxyl groups is 2. The fraction of sp³-hybridized carbons (Fsp3) is 0.520. The SMILES string of the molecule is COCCOCCOc1c2cc(C(C)(C)C)cc1Sc1cc(C(C)(C)C)cc(c1O)Sc1cc(C(C)(C)C)cc(c1OCCOCCOC)Sc1cc(C(C)(C)C)cc(c1O)S2. The maximum absolute atomic E-state index is 12.5. The maximum Gasteiger partial charge on any atom is 0.147 e. The molecule has 5 rings (SSSR count). The lowest BCUT2D eigenvalue weighted by molar-refractivity contribution is 0.0535. The monoisotopic (exact) mass is 924 g/mol. The van der Waals surface area contributed by atoms with Crippen LogP contribution in [0.3, 0.4) is 0 Å². The smallest absolute Gasteiger partial charge is 0.147 e. The van der Waals surface area contributed by atoms with Crippen molar-refractivity contribution in [3.63, 3.8) is 0 Å². The van der Waals surface area contributed by atoms with Gasteiger partial charge in [0.15, 0.2) is 0 Å². The topological polar surface area (TPSA) is 95.8 Å². The van der Waals surface area contributed by atoms with E-state index in [9.17, 15) is 10.2 Å². The van der Waals surface area contributed by atoms with Gasteiger partial charge in [0.1, 0.15) is 36.2 Å². The van der Waals surface area contributed by atoms with Crippen LogP contribution >= 0.6 is 47.0 Å². The molecular weight excluding hydrogens is 857 g/mol. The van der Waals surface area contributed by atoms with E-state index in [-0.39, 0.29) is 33.2 Å². The molecular formula is C50H68O8S4. The molecule has 0 aliphatic carbocycles. The fourth-order valence-electron chi connectivity index (χ4n) is 6.32. The van der Waals surface area contributed by atoms with E-state index in [2.05, 4.69) is 132 Å². The first-order valence-electron chi connectivity index (χ1n) is 21.2. The third-order valence-corrected chi connectivity index (χ3v) is 14.5. The number of ether oxygens (including phenoxy) is 6. The molecule has 0 saturated carbocycles. The molecule has 1 aliphatic rings. The minimum absolute atomic E-state index is 0.186. The molecule has 0 amide bonds. The third kappa shape index (κ3) is 13.2. The van der Waals surface area contributed by atoms with Gasteiger partial charge in [-0.1, -0.05) is 130 Å². The lowest BCUT2D eigenvalue weighted by Gasteiger charge is -2.27. The normalized spacial score (nSPS) is 13.6. The third-order valence-electron chi connectivity index (χ3n) is 10.3. The van der Waals surface area contributed by atoms with Crippen molar-refractivity contribution in [1.29, 1.82) is 0 Å². The Morgan fingerprint density at radius 2 is 0.581 bits per heavy atom. The lowest BCUT2D eigenvalue weighted by Crippen LogP contribution is -2.14. The van der Waals surface area contributed by atoms with Crippen LogP contribution in [0.15, 0.2) is 87.7 Å². The van der Waals surface area contributed by atoms with Crippen molar-refractivity contribution >= 4 is 47.0 Å². The number of hydrogen-bond donors (Lipinski definition) is 2. The van der Waals surface area contributed by atoms with Gasteiger partial charge in [-0.15, -0.1) is 0 Å². The molecule has 0 aromatic heterocycles. The van der Waals surface area contributed by atoms with Gasteiger partial charge in [-0.25, -0.2) is 0 Å². The lowest BCUT2D eigenvalue weighted by atomic mass is 9.87. The second-order valence-electron chi connectivity index (χ2n) is 19.6. The van der Waals surface area contributed by atoms with Crippen molar-refractivity contribution in [3.8, 4) is 23.0 Å². The van der Waals surface area contributed by atoms with Gasteiger partial charge in [0.05, 0.1) is 78.8 Å². The molecule has 8 bridgehead atoms. The molecule has 0 saturated heterocycles. The first-order chi connectivity index (χ1) is 29.0. The van der Waals surface area contributed by atoms with E-state index >= 15 is 0 Å². The van der Waals surface area contributed by atoms with Crippen LogP contribution in [0.1, 0.15) is 105 Å². The average molecular weight is 925 g/mol. The number of methoxy groups -OCH3 is 2. The largest absolute Gasteiger partial charge is 0.506 e. The summed E-state index contributed by atoms with van der Waals surface area (Å²) in [5.74, 6) is 1.71. The van der Waals surface area contributed by atoms with E-state index < -0.39 is 0 Å². The highest BCUT2D eigenvalue weighted by Crippen LogP contribution is 2.56. The summed E-state index contributed by atoms with van der Waals surface area (Å²) in [7, 11) is 3.31. The Bertz CT molecular complexity index is 1910. The molecule has 1 heterocycles. The molecule has 0 unspecified atom stereocenters. The second-order valence-corrected chi connectivity index (χ2v) is 23.9. The van der Waals surface area contributed by atoms with E-state index in [0.717, 1.165) is 41.8 Å². The van der Waals surface area contributed by atoms with E-state index in [1.165, 1.54) is 47.0 Å². The van der Waals surface area contributed by atoms with Crippen molar-refractivity contribution in [3.05, 3.63) is 70.8 Å². The van der Waals surface area contributed by atoms with E-state index in [1.807, 2.05) is 0 Å². The number of rotatable bonds is 14. The van der Waals surface area contributed by atoms with Gasteiger partial charge in [0, 0.05) is 14.2 Å². The van der Waals surface area contributed by atoms with Crippen LogP contribution in [0, 0.1) is 0 Å². The van der Waals surface area contributed by atoms with E-state index in [4.69, 9.17) is 28.4 Å². The van der Waals surface area contributed by atoms with Crippen LogP contribution in [-0.4, -0.2) is 77.3 Å². The Hall–Kier alpha value is -2.68. The van der Waals surface area contributed by atoms with Crippen LogP contribution in [0.25, 0.3) is 0 Å². The van der Waals surface area contributed by atoms with Crippen molar-refractivity contribution in [2.24, 2.45) is 0 Å². The zero-order valence-corrected chi connectivity index (χ0v) is 42.5. The minimum atomic E-state index is -0.232. The van der Waals surface area contributed by atoms with Gasteiger partial charge in [0.2, 0.25) is 0 Å². The average Bonchev–Trinajstić information content (AvgIpc) is 3.16. The molecule has 1 aliphatic heterocycles. The molecule has 4 aromatic carbocycles. The quantitative estimate of drug-likeness (QED) is 0.104. The Morgan fingerprint density at radius 3 is 0.806 bits per heavy atom. The first-order valence-corrected chi connectivity index (χ1v) is 24.5. The summed E-state index contributed by atoms with van der Waals surface area (Å²) >= 11 is 5.99. The van der Waals surface area contributed by atoms with Gasteiger partial charge < -0.3 is 38.6 Å². The summed E-state index contributed by atoms with van der Waals surface area (Å²) < 4.78 is 35.5. The highest BCUT2D eigenvalue weighted by Gasteiger charge is 2.29. The highest BCUT2D eigenvalue weighted by atomic mass is 32.2. The van der Waals surface area contributed by atoms with Gasteiger partial charge in [-0.05, 0) is 92.4 Å². The molecule has 0 fully saturated rings. The van der Waals surface area contributed by atoms with E-state index in [1.54, 1.807) is 14.2 Å². The van der Waals surface area contributed by atoms with Crippen LogP contribution in [-0.2, 0) is 40.6 Å². The predicted molar refractivity (Wildman–Crippen MR) is 257 cm³/mol. The molecule has 62 heavy (non-hydrogen) atoms. The Labute approximate surface area is 388 Å². The molecule has 340 valence electrons. The Morgan fingerprint density at radius 1 is 0.355 bits per heavy atom. The number of benzene rings is 4. The van der Waals surface area contributed by atoms with Crippen LogP contribution in [0.5, 0.6) is 23.0 Å². The zero-order chi connectivity index (χ0) is 45.6. The summed E-state index contributed by atoms with van der Waals surface area (Å²) in [4.78, 5) is 6.29. The van der Waals surface area contributed by atoms with E-state index in [0.29, 0.717) is 83.9 Å². The van der Waals surface area contributed by atoms with Crippen LogP contribution in [0.4, 0.5) is 0 Å². The maximum atomic E-state index is 12.5. The molecule has 4 aromatic rings. The van der Waals surface area contributed by atoms with Gasteiger partial charge in [0.25, 0.3) is 0 Å². The van der Waals surface area contributed by atoms with Crippen LogP contribution in [0.2, 0.25) is 0 Å². The highest BCUT2D eigenvalue weighted by molar-refractivity contribution is 8.01. The second kappa shape index (κ2) is 21.1. The Balaban J connectivity index is 1.85. The minimum Gasteiger partial charge on any atom is -0.506 e. The fourth-order valence-corrected chi connectivity index (χ4v) is 10.9. The number of hydrogen-bond acceptors (Lipinski definition) is 12. The number of fused-ring (bicyclic) bond motifs is 8. The number of phenols is 2. The van der Waals surface area contributed by atoms with Crippen molar-refractivity contribution in [2.45, 2.75) is 144 Å². The summed E-state index contributed by atoms with van der Waals surface area (Å²) in [5.41, 5.74) is 3.47. The molecule has 0 atom stereocenters. The van der Waals surface area contributed by atoms with Crippen molar-refractivity contribution < 1.29 is 38.6 Å². The standard InChI is InChI=1S/C50H68O8S4/c1-47(2,3)31-23-35-43(51)36(24-31)60-40-28-34(50(10,11)12)30-42(46(40)58-22-20-56-18-16-54-14)62-38-26-32(48(4,5)6)25-37(44(38)52)61-41-29-33(49(7,8)9)27-39(59-35)45(41)57-21-19-55-17-15-53-13/h23-30,51-52H,15-22H2,1-14H3. The summed E-state index contributed by atoms with van der Waals surface area (Å²) in [6, 6.07) is 17.1. The number of phenolic OH excluding ortho intramolecular Hbond substituents is 2. The molecule has 8 nitrogen and oxygen atoms in total. The molecule has 0 spiro atoms. The molecule has 2 N–H and O–H groups in total. The molecule has 0 radical (unpaired) electrons. The zero-order valence-electron chi connectivity index (χ0n) is 39.3.